The molecule has 0 spiro atoms. The molecule has 1 fully saturated rings. The fraction of sp³-hybridized carbons (Fsp3) is 0.333. The minimum absolute atomic E-state index is 0.0875. The molecule has 128 valence electrons. The molecule has 1 aliphatic rings. The highest BCUT2D eigenvalue weighted by molar-refractivity contribution is 5.63. The number of benzene rings is 1. The highest BCUT2D eigenvalue weighted by atomic mass is 19.1. The van der Waals surface area contributed by atoms with Gasteiger partial charge in [0.1, 0.15) is 12.0 Å². The Morgan fingerprint density at radius 2 is 2.00 bits per heavy atom. The van der Waals surface area contributed by atoms with Gasteiger partial charge in [0.2, 0.25) is 11.8 Å². The van der Waals surface area contributed by atoms with Crippen LogP contribution in [0.2, 0.25) is 0 Å². The third-order valence-corrected chi connectivity index (χ3v) is 4.43. The van der Waals surface area contributed by atoms with E-state index in [1.807, 2.05) is 35.2 Å². The van der Waals surface area contributed by atoms with E-state index < -0.39 is 5.82 Å². The zero-order valence-corrected chi connectivity index (χ0v) is 13.9. The summed E-state index contributed by atoms with van der Waals surface area (Å²) in [5, 5.41) is 8.01. The fourth-order valence-electron chi connectivity index (χ4n) is 3.23. The van der Waals surface area contributed by atoms with E-state index in [0.29, 0.717) is 29.8 Å². The van der Waals surface area contributed by atoms with Gasteiger partial charge >= 0.3 is 0 Å². The standard InChI is InChI=1S/C18H18FN5O/c1-12-22-23-18(25-12)14-8-5-9-24(10-14)17-15(19)16(20-11-21-17)13-6-3-2-4-7-13/h2-4,6-7,11,14H,5,8-10H2,1H3. The lowest BCUT2D eigenvalue weighted by atomic mass is 9.98. The van der Waals surface area contributed by atoms with Crippen LogP contribution in [0.4, 0.5) is 10.2 Å². The predicted octanol–water partition coefficient (Wildman–Crippen LogP) is 3.36. The lowest BCUT2D eigenvalue weighted by Crippen LogP contribution is -2.35. The van der Waals surface area contributed by atoms with Gasteiger partial charge in [-0.1, -0.05) is 30.3 Å². The number of hydrogen-bond acceptors (Lipinski definition) is 6. The highest BCUT2D eigenvalue weighted by Gasteiger charge is 2.28. The largest absolute Gasteiger partial charge is 0.425 e. The van der Waals surface area contributed by atoms with E-state index in [0.717, 1.165) is 24.9 Å². The normalized spacial score (nSPS) is 17.7. The summed E-state index contributed by atoms with van der Waals surface area (Å²) in [4.78, 5) is 10.3. The molecule has 1 unspecified atom stereocenters. The Balaban J connectivity index is 1.63. The average Bonchev–Trinajstić information content (AvgIpc) is 3.09. The molecule has 2 aromatic heterocycles. The first-order valence-electron chi connectivity index (χ1n) is 8.33. The van der Waals surface area contributed by atoms with Gasteiger partial charge < -0.3 is 9.32 Å². The Morgan fingerprint density at radius 3 is 2.76 bits per heavy atom. The zero-order chi connectivity index (χ0) is 17.2. The molecule has 0 aliphatic carbocycles. The second kappa shape index (κ2) is 6.58. The van der Waals surface area contributed by atoms with Crippen LogP contribution in [0.1, 0.15) is 30.5 Å². The lowest BCUT2D eigenvalue weighted by molar-refractivity contribution is 0.385. The van der Waals surface area contributed by atoms with Crippen LogP contribution in [0, 0.1) is 12.7 Å². The van der Waals surface area contributed by atoms with E-state index in [9.17, 15) is 0 Å². The van der Waals surface area contributed by atoms with Crippen molar-refractivity contribution in [1.29, 1.82) is 0 Å². The molecule has 1 saturated heterocycles. The molecule has 1 aliphatic heterocycles. The molecule has 7 heteroatoms. The topological polar surface area (TPSA) is 67.9 Å². The Morgan fingerprint density at radius 1 is 1.16 bits per heavy atom. The Labute approximate surface area is 144 Å². The van der Waals surface area contributed by atoms with Gasteiger partial charge in [0.25, 0.3) is 0 Å². The molecule has 1 atom stereocenters. The van der Waals surface area contributed by atoms with Gasteiger partial charge in [0.05, 0.1) is 5.92 Å². The smallest absolute Gasteiger partial charge is 0.221 e. The van der Waals surface area contributed by atoms with Gasteiger partial charge in [-0.2, -0.15) is 0 Å². The molecule has 0 N–H and O–H groups in total. The van der Waals surface area contributed by atoms with E-state index in [1.54, 1.807) is 6.92 Å². The van der Waals surface area contributed by atoms with E-state index in [4.69, 9.17) is 4.42 Å². The van der Waals surface area contributed by atoms with Crippen molar-refractivity contribution in [1.82, 2.24) is 20.2 Å². The van der Waals surface area contributed by atoms with Crippen molar-refractivity contribution in [2.75, 3.05) is 18.0 Å². The molecular formula is C18H18FN5O. The quantitative estimate of drug-likeness (QED) is 0.729. The maximum absolute atomic E-state index is 15.1. The number of hydrogen-bond donors (Lipinski definition) is 0. The Kier molecular flexibility index (Phi) is 4.13. The van der Waals surface area contributed by atoms with Gasteiger partial charge in [-0.15, -0.1) is 10.2 Å². The van der Waals surface area contributed by atoms with Crippen LogP contribution in [0.15, 0.2) is 41.1 Å². The molecule has 3 heterocycles. The minimum Gasteiger partial charge on any atom is -0.425 e. The number of anilines is 1. The molecule has 0 amide bonds. The summed E-state index contributed by atoms with van der Waals surface area (Å²) in [7, 11) is 0. The summed E-state index contributed by atoms with van der Waals surface area (Å²) >= 11 is 0. The molecule has 0 saturated carbocycles. The Hall–Kier alpha value is -2.83. The second-order valence-corrected chi connectivity index (χ2v) is 6.17. The number of halogens is 1. The first-order valence-corrected chi connectivity index (χ1v) is 8.33. The molecule has 3 aromatic rings. The van der Waals surface area contributed by atoms with Crippen LogP contribution in [0.5, 0.6) is 0 Å². The summed E-state index contributed by atoms with van der Waals surface area (Å²) in [6.45, 7) is 3.11. The lowest BCUT2D eigenvalue weighted by Gasteiger charge is -2.32. The van der Waals surface area contributed by atoms with Gasteiger partial charge in [-0.25, -0.2) is 14.4 Å². The summed E-state index contributed by atoms with van der Waals surface area (Å²) in [5.74, 6) is 1.18. The third kappa shape index (κ3) is 3.09. The van der Waals surface area contributed by atoms with Crippen LogP contribution >= 0.6 is 0 Å². The van der Waals surface area contributed by atoms with Crippen molar-refractivity contribution in [3.8, 4) is 11.3 Å². The molecule has 0 bridgehead atoms. The second-order valence-electron chi connectivity index (χ2n) is 6.17. The van der Waals surface area contributed by atoms with Crippen molar-refractivity contribution in [3.05, 3.63) is 54.3 Å². The number of piperidine rings is 1. The van der Waals surface area contributed by atoms with Gasteiger partial charge in [-0.05, 0) is 12.8 Å². The molecule has 0 radical (unpaired) electrons. The number of nitrogens with zero attached hydrogens (tertiary/aromatic N) is 5. The summed E-state index contributed by atoms with van der Waals surface area (Å²) in [6, 6.07) is 9.31. The molecular weight excluding hydrogens is 321 g/mol. The van der Waals surface area contributed by atoms with Gasteiger partial charge in [0.15, 0.2) is 11.6 Å². The monoisotopic (exact) mass is 339 g/mol. The van der Waals surface area contributed by atoms with Crippen LogP contribution in [-0.2, 0) is 0 Å². The first kappa shape index (κ1) is 15.7. The number of rotatable bonds is 3. The molecule has 25 heavy (non-hydrogen) atoms. The van der Waals surface area contributed by atoms with Crippen molar-refractivity contribution >= 4 is 5.82 Å². The Bertz CT molecular complexity index is 867. The summed E-state index contributed by atoms with van der Waals surface area (Å²) in [6.07, 6.45) is 3.27. The zero-order valence-electron chi connectivity index (χ0n) is 13.9. The SMILES string of the molecule is Cc1nnc(C2CCCN(c3ncnc(-c4ccccc4)c3F)C2)o1. The fourth-order valence-corrected chi connectivity index (χ4v) is 3.23. The summed E-state index contributed by atoms with van der Waals surface area (Å²) < 4.78 is 20.6. The predicted molar refractivity (Wildman–Crippen MR) is 90.6 cm³/mol. The van der Waals surface area contributed by atoms with Crippen LogP contribution in [0.25, 0.3) is 11.3 Å². The van der Waals surface area contributed by atoms with E-state index in [-0.39, 0.29) is 5.92 Å². The highest BCUT2D eigenvalue weighted by Crippen LogP contribution is 2.32. The van der Waals surface area contributed by atoms with Crippen molar-refractivity contribution in [3.63, 3.8) is 0 Å². The van der Waals surface area contributed by atoms with Crippen molar-refractivity contribution < 1.29 is 8.81 Å². The summed E-state index contributed by atoms with van der Waals surface area (Å²) in [5.41, 5.74) is 1.06. The minimum atomic E-state index is -0.393. The van der Waals surface area contributed by atoms with Crippen LogP contribution in [0.3, 0.4) is 0 Å². The van der Waals surface area contributed by atoms with Crippen molar-refractivity contribution in [2.45, 2.75) is 25.7 Å². The van der Waals surface area contributed by atoms with Crippen LogP contribution in [-0.4, -0.2) is 33.3 Å². The van der Waals surface area contributed by atoms with E-state index in [2.05, 4.69) is 20.2 Å². The average molecular weight is 339 g/mol. The van der Waals surface area contributed by atoms with Crippen LogP contribution < -0.4 is 4.90 Å². The van der Waals surface area contributed by atoms with Crippen molar-refractivity contribution in [2.24, 2.45) is 0 Å². The molecule has 4 rings (SSSR count). The molecule has 6 nitrogen and oxygen atoms in total. The number of aromatic nitrogens is 4. The number of aryl methyl sites for hydroxylation is 1. The maximum atomic E-state index is 15.1. The third-order valence-electron chi connectivity index (χ3n) is 4.43. The van der Waals surface area contributed by atoms with Gasteiger partial charge in [0, 0.05) is 25.6 Å². The van der Waals surface area contributed by atoms with Gasteiger partial charge in [-0.3, -0.25) is 0 Å². The molecule has 1 aromatic carbocycles. The van der Waals surface area contributed by atoms with E-state index in [1.165, 1.54) is 6.33 Å². The maximum Gasteiger partial charge on any atom is 0.221 e. The first-order chi connectivity index (χ1) is 12.2. The van der Waals surface area contributed by atoms with E-state index >= 15 is 4.39 Å².